The molecule has 0 bridgehead atoms. The normalized spacial score (nSPS) is 14.1. The van der Waals surface area contributed by atoms with Gasteiger partial charge in [0, 0.05) is 0 Å². The summed E-state index contributed by atoms with van der Waals surface area (Å²) >= 11 is 0. The zero-order chi connectivity index (χ0) is 17.2. The maximum atomic E-state index is 9.64. The topological polar surface area (TPSA) is 66.5 Å². The molecule has 0 aliphatic carbocycles. The van der Waals surface area contributed by atoms with Crippen LogP contribution in [0.5, 0.6) is 0 Å². The lowest BCUT2D eigenvalue weighted by atomic mass is 10.0. The van der Waals surface area contributed by atoms with Crippen LogP contribution < -0.4 is 5.73 Å². The van der Waals surface area contributed by atoms with Crippen molar-refractivity contribution in [3.8, 4) is 0 Å². The van der Waals surface area contributed by atoms with Crippen molar-refractivity contribution in [2.45, 2.75) is 122 Å². The molecule has 0 unspecified atom stereocenters. The lowest BCUT2D eigenvalue weighted by Gasteiger charge is -2.15. The Kier molecular flexibility index (Phi) is 18.1. The van der Waals surface area contributed by atoms with Gasteiger partial charge in [-0.1, -0.05) is 103 Å². The SMILES string of the molecule is CCCCCCCCCCCCCCCCC[C@H](O)[C@@H](N)CO. The highest BCUT2D eigenvalue weighted by molar-refractivity contribution is 4.70. The molecule has 0 aliphatic rings. The molecule has 0 aliphatic heterocycles. The fourth-order valence-electron chi connectivity index (χ4n) is 3.06. The van der Waals surface area contributed by atoms with E-state index in [0.29, 0.717) is 0 Å². The molecule has 0 rings (SSSR count). The fourth-order valence-corrected chi connectivity index (χ4v) is 3.06. The molecule has 4 N–H and O–H groups in total. The Hall–Kier alpha value is -0.120. The van der Waals surface area contributed by atoms with Gasteiger partial charge in [-0.3, -0.25) is 0 Å². The van der Waals surface area contributed by atoms with E-state index in [1.54, 1.807) is 0 Å². The highest BCUT2D eigenvalue weighted by Crippen LogP contribution is 2.14. The molecule has 0 aromatic carbocycles. The van der Waals surface area contributed by atoms with E-state index in [2.05, 4.69) is 6.92 Å². The molecule has 0 heterocycles. The molecule has 0 spiro atoms. The molecule has 0 saturated heterocycles. The summed E-state index contributed by atoms with van der Waals surface area (Å²) in [6.07, 6.45) is 20.4. The molecule has 0 aromatic heterocycles. The van der Waals surface area contributed by atoms with Crippen LogP contribution in [0.3, 0.4) is 0 Å². The van der Waals surface area contributed by atoms with Gasteiger partial charge in [-0.15, -0.1) is 0 Å². The molecule has 140 valence electrons. The van der Waals surface area contributed by atoms with Crippen LogP contribution in [0.4, 0.5) is 0 Å². The zero-order valence-corrected chi connectivity index (χ0v) is 15.6. The van der Waals surface area contributed by atoms with Crippen molar-refractivity contribution >= 4 is 0 Å². The van der Waals surface area contributed by atoms with E-state index in [1.165, 1.54) is 89.9 Å². The lowest BCUT2D eigenvalue weighted by Crippen LogP contribution is -2.37. The number of aliphatic hydroxyl groups excluding tert-OH is 2. The molecule has 2 atom stereocenters. The highest BCUT2D eigenvalue weighted by Gasteiger charge is 2.12. The number of hydrogen-bond acceptors (Lipinski definition) is 3. The molecule has 0 amide bonds. The zero-order valence-electron chi connectivity index (χ0n) is 15.6. The smallest absolute Gasteiger partial charge is 0.0713 e. The Morgan fingerprint density at radius 3 is 1.35 bits per heavy atom. The predicted molar refractivity (Wildman–Crippen MR) is 101 cm³/mol. The summed E-state index contributed by atoms with van der Waals surface area (Å²) in [5, 5.41) is 18.5. The van der Waals surface area contributed by atoms with Crippen LogP contribution in [0, 0.1) is 0 Å². The van der Waals surface area contributed by atoms with Crippen LogP contribution in [0.15, 0.2) is 0 Å². The van der Waals surface area contributed by atoms with E-state index in [0.717, 1.165) is 12.8 Å². The summed E-state index contributed by atoms with van der Waals surface area (Å²) in [6.45, 7) is 2.15. The summed E-state index contributed by atoms with van der Waals surface area (Å²) in [6, 6.07) is -0.471. The number of unbranched alkanes of at least 4 members (excludes halogenated alkanes) is 14. The Morgan fingerprint density at radius 2 is 1.00 bits per heavy atom. The molecule has 0 fully saturated rings. The molecule has 3 heteroatoms. The van der Waals surface area contributed by atoms with Crippen molar-refractivity contribution in [2.75, 3.05) is 6.61 Å². The third kappa shape index (κ3) is 16.5. The summed E-state index contributed by atoms with van der Waals surface area (Å²) in [7, 11) is 0. The van der Waals surface area contributed by atoms with Crippen molar-refractivity contribution in [1.29, 1.82) is 0 Å². The monoisotopic (exact) mass is 329 g/mol. The minimum absolute atomic E-state index is 0.125. The molecule has 0 radical (unpaired) electrons. The fraction of sp³-hybridized carbons (Fsp3) is 1.00. The van der Waals surface area contributed by atoms with Gasteiger partial charge >= 0.3 is 0 Å². The Morgan fingerprint density at radius 1 is 0.652 bits per heavy atom. The van der Waals surface area contributed by atoms with Gasteiger partial charge in [0.15, 0.2) is 0 Å². The van der Waals surface area contributed by atoms with Crippen molar-refractivity contribution in [2.24, 2.45) is 5.73 Å². The molecule has 0 aromatic rings. The average molecular weight is 330 g/mol. The number of aliphatic hydroxyl groups is 2. The number of rotatable bonds is 18. The van der Waals surface area contributed by atoms with E-state index < -0.39 is 12.1 Å². The molecule has 3 nitrogen and oxygen atoms in total. The van der Waals surface area contributed by atoms with Gasteiger partial charge in [0.2, 0.25) is 0 Å². The first-order valence-electron chi connectivity index (χ1n) is 10.3. The summed E-state index contributed by atoms with van der Waals surface area (Å²) in [5.41, 5.74) is 5.58. The van der Waals surface area contributed by atoms with E-state index in [1.807, 2.05) is 0 Å². The van der Waals surface area contributed by atoms with Crippen LogP contribution >= 0.6 is 0 Å². The second-order valence-electron chi connectivity index (χ2n) is 7.15. The van der Waals surface area contributed by atoms with Crippen LogP contribution in [0.2, 0.25) is 0 Å². The van der Waals surface area contributed by atoms with Gasteiger partial charge in [0.25, 0.3) is 0 Å². The predicted octanol–water partition coefficient (Wildman–Crippen LogP) is 4.93. The summed E-state index contributed by atoms with van der Waals surface area (Å²) < 4.78 is 0. The second-order valence-corrected chi connectivity index (χ2v) is 7.15. The first-order chi connectivity index (χ1) is 11.2. The van der Waals surface area contributed by atoms with Gasteiger partial charge in [0.1, 0.15) is 0 Å². The van der Waals surface area contributed by atoms with Gasteiger partial charge < -0.3 is 15.9 Å². The van der Waals surface area contributed by atoms with Gasteiger partial charge in [-0.05, 0) is 6.42 Å². The Bertz CT molecular complexity index is 224. The van der Waals surface area contributed by atoms with E-state index in [4.69, 9.17) is 10.8 Å². The quantitative estimate of drug-likeness (QED) is 0.312. The first kappa shape index (κ1) is 22.9. The Labute approximate surface area is 145 Å². The summed E-state index contributed by atoms with van der Waals surface area (Å²) in [4.78, 5) is 0. The standard InChI is InChI=1S/C20H43NO2/c1-2-3-4-5-6-7-8-9-10-11-12-13-14-15-16-17-20(23)19(21)18-22/h19-20,22-23H,2-18,21H2,1H3/t19-,20-/m0/s1. The van der Waals surface area contributed by atoms with Crippen LogP contribution in [-0.2, 0) is 0 Å². The number of nitrogens with two attached hydrogens (primary N) is 1. The second kappa shape index (κ2) is 18.2. The van der Waals surface area contributed by atoms with Crippen LogP contribution in [0.25, 0.3) is 0 Å². The largest absolute Gasteiger partial charge is 0.395 e. The van der Waals surface area contributed by atoms with E-state index >= 15 is 0 Å². The Balaban J connectivity index is 3.08. The molecule has 23 heavy (non-hydrogen) atoms. The van der Waals surface area contributed by atoms with Crippen LogP contribution in [-0.4, -0.2) is 29.0 Å². The van der Waals surface area contributed by atoms with Crippen molar-refractivity contribution in [3.63, 3.8) is 0 Å². The molecule has 0 saturated carbocycles. The average Bonchev–Trinajstić information content (AvgIpc) is 2.57. The van der Waals surface area contributed by atoms with E-state index in [-0.39, 0.29) is 6.61 Å². The number of hydrogen-bond donors (Lipinski definition) is 3. The molecular weight excluding hydrogens is 286 g/mol. The van der Waals surface area contributed by atoms with Gasteiger partial charge in [-0.2, -0.15) is 0 Å². The van der Waals surface area contributed by atoms with Crippen LogP contribution in [0.1, 0.15) is 110 Å². The van der Waals surface area contributed by atoms with Crippen molar-refractivity contribution in [1.82, 2.24) is 0 Å². The molecular formula is C20H43NO2. The van der Waals surface area contributed by atoms with Crippen molar-refractivity contribution < 1.29 is 10.2 Å². The third-order valence-electron chi connectivity index (χ3n) is 4.81. The van der Waals surface area contributed by atoms with E-state index in [9.17, 15) is 5.11 Å². The third-order valence-corrected chi connectivity index (χ3v) is 4.81. The summed E-state index contributed by atoms with van der Waals surface area (Å²) in [5.74, 6) is 0. The van der Waals surface area contributed by atoms with Gasteiger partial charge in [-0.25, -0.2) is 0 Å². The highest BCUT2D eigenvalue weighted by atomic mass is 16.3. The first-order valence-corrected chi connectivity index (χ1v) is 10.3. The maximum Gasteiger partial charge on any atom is 0.0713 e. The minimum Gasteiger partial charge on any atom is -0.395 e. The van der Waals surface area contributed by atoms with Crippen molar-refractivity contribution in [3.05, 3.63) is 0 Å². The van der Waals surface area contributed by atoms with Gasteiger partial charge in [0.05, 0.1) is 18.8 Å². The lowest BCUT2D eigenvalue weighted by molar-refractivity contribution is 0.0990. The minimum atomic E-state index is -0.540. The maximum absolute atomic E-state index is 9.64.